The monoisotopic (exact) mass is 270 g/mol. The Kier molecular flexibility index (Phi) is 5.64. The molecular formula is C12H18N2O3S. The summed E-state index contributed by atoms with van der Waals surface area (Å²) in [5.41, 5.74) is 6.57. The zero-order chi connectivity index (χ0) is 13.5. The molecule has 6 heteroatoms. The van der Waals surface area contributed by atoms with Crippen LogP contribution in [-0.4, -0.2) is 35.8 Å². The minimum absolute atomic E-state index is 0.225. The third-order valence-corrected chi connectivity index (χ3v) is 3.26. The Morgan fingerprint density at radius 1 is 1.50 bits per heavy atom. The van der Waals surface area contributed by atoms with Crippen molar-refractivity contribution in [1.29, 1.82) is 0 Å². The number of hydrogen-bond acceptors (Lipinski definition) is 4. The van der Waals surface area contributed by atoms with Gasteiger partial charge in [-0.3, -0.25) is 9.00 Å². The number of nitrogen functional groups attached to an aromatic ring is 1. The van der Waals surface area contributed by atoms with Gasteiger partial charge in [-0.2, -0.15) is 0 Å². The summed E-state index contributed by atoms with van der Waals surface area (Å²) in [7, 11) is 0.715. The van der Waals surface area contributed by atoms with Gasteiger partial charge < -0.3 is 15.8 Å². The van der Waals surface area contributed by atoms with E-state index in [0.29, 0.717) is 35.7 Å². The first-order chi connectivity index (χ1) is 8.54. The lowest BCUT2D eigenvalue weighted by molar-refractivity contribution is 0.0954. The fourth-order valence-corrected chi connectivity index (χ4v) is 2.00. The molecule has 0 radical (unpaired) electrons. The number of benzene rings is 1. The number of rotatable bonds is 6. The molecule has 0 aromatic heterocycles. The highest BCUT2D eigenvalue weighted by molar-refractivity contribution is 7.84. The Labute approximate surface area is 109 Å². The Hall–Kier alpha value is -1.56. The van der Waals surface area contributed by atoms with Crippen LogP contribution in [0.3, 0.4) is 0 Å². The maximum Gasteiger partial charge on any atom is 0.253 e. The molecule has 0 fully saturated rings. The number of nitrogens with two attached hydrogens (primary N) is 1. The van der Waals surface area contributed by atoms with E-state index in [9.17, 15) is 9.00 Å². The van der Waals surface area contributed by atoms with Crippen molar-refractivity contribution < 1.29 is 13.7 Å². The molecule has 0 aliphatic heterocycles. The standard InChI is InChI=1S/C12H18N2O3S/c1-17-9-4-5-10(11(13)8-9)12(15)14-6-3-7-18(2)16/h4-5,8H,3,6-7,13H2,1-2H3,(H,14,15). The Morgan fingerprint density at radius 3 is 2.78 bits per heavy atom. The zero-order valence-corrected chi connectivity index (χ0v) is 11.4. The molecule has 0 bridgehead atoms. The van der Waals surface area contributed by atoms with Crippen molar-refractivity contribution >= 4 is 22.4 Å². The number of carbonyl (C=O) groups excluding carboxylic acids is 1. The zero-order valence-electron chi connectivity index (χ0n) is 10.6. The summed E-state index contributed by atoms with van der Waals surface area (Å²) in [5.74, 6) is 0.973. The van der Waals surface area contributed by atoms with Crippen LogP contribution in [0.1, 0.15) is 16.8 Å². The number of amides is 1. The molecule has 1 unspecified atom stereocenters. The van der Waals surface area contributed by atoms with E-state index in [4.69, 9.17) is 10.5 Å². The molecule has 0 aliphatic rings. The highest BCUT2D eigenvalue weighted by atomic mass is 32.2. The molecular weight excluding hydrogens is 252 g/mol. The molecule has 5 nitrogen and oxygen atoms in total. The van der Waals surface area contributed by atoms with E-state index in [-0.39, 0.29) is 5.91 Å². The van der Waals surface area contributed by atoms with Crippen LogP contribution >= 0.6 is 0 Å². The van der Waals surface area contributed by atoms with Gasteiger partial charge >= 0.3 is 0 Å². The fraction of sp³-hybridized carbons (Fsp3) is 0.417. The van der Waals surface area contributed by atoms with Gasteiger partial charge in [0.1, 0.15) is 5.75 Å². The normalized spacial score (nSPS) is 11.9. The summed E-state index contributed by atoms with van der Waals surface area (Å²) in [6.45, 7) is 0.490. The van der Waals surface area contributed by atoms with Gasteiger partial charge in [0.2, 0.25) is 0 Å². The molecule has 0 saturated heterocycles. The lowest BCUT2D eigenvalue weighted by atomic mass is 10.1. The van der Waals surface area contributed by atoms with E-state index in [2.05, 4.69) is 5.32 Å². The van der Waals surface area contributed by atoms with Crippen LogP contribution < -0.4 is 15.8 Å². The van der Waals surface area contributed by atoms with Gasteiger partial charge in [-0.05, 0) is 18.6 Å². The van der Waals surface area contributed by atoms with Gasteiger partial charge in [-0.15, -0.1) is 0 Å². The maximum absolute atomic E-state index is 11.8. The summed E-state index contributed by atoms with van der Waals surface area (Å²) in [4.78, 5) is 11.8. The number of ether oxygens (including phenoxy) is 1. The Balaban J connectivity index is 2.54. The molecule has 0 aliphatic carbocycles. The van der Waals surface area contributed by atoms with Crippen LogP contribution in [0.5, 0.6) is 5.75 Å². The second kappa shape index (κ2) is 7.00. The van der Waals surface area contributed by atoms with E-state index < -0.39 is 10.8 Å². The second-order valence-corrected chi connectivity index (χ2v) is 5.39. The lowest BCUT2D eigenvalue weighted by Gasteiger charge is -2.08. The summed E-state index contributed by atoms with van der Waals surface area (Å²) in [6, 6.07) is 4.92. The number of hydrogen-bond donors (Lipinski definition) is 2. The van der Waals surface area contributed by atoms with Gasteiger partial charge in [-0.1, -0.05) is 0 Å². The van der Waals surface area contributed by atoms with E-state index in [1.807, 2.05) is 0 Å². The second-order valence-electron chi connectivity index (χ2n) is 3.84. The van der Waals surface area contributed by atoms with Gasteiger partial charge in [0.25, 0.3) is 5.91 Å². The van der Waals surface area contributed by atoms with Crippen molar-refractivity contribution in [2.75, 3.05) is 31.4 Å². The first-order valence-corrected chi connectivity index (χ1v) is 7.29. The quantitative estimate of drug-likeness (QED) is 0.591. The van der Waals surface area contributed by atoms with Crippen LogP contribution in [0.25, 0.3) is 0 Å². The summed E-state index contributed by atoms with van der Waals surface area (Å²) in [5, 5.41) is 2.74. The predicted octanol–water partition coefficient (Wildman–Crippen LogP) is 0.776. The van der Waals surface area contributed by atoms with E-state index in [0.717, 1.165) is 0 Å². The summed E-state index contributed by atoms with van der Waals surface area (Å²) in [6.07, 6.45) is 2.33. The van der Waals surface area contributed by atoms with Crippen molar-refractivity contribution in [3.63, 3.8) is 0 Å². The third-order valence-electron chi connectivity index (χ3n) is 2.40. The van der Waals surface area contributed by atoms with E-state index in [1.54, 1.807) is 31.6 Å². The average Bonchev–Trinajstić information content (AvgIpc) is 2.33. The van der Waals surface area contributed by atoms with Gasteiger partial charge in [0.05, 0.1) is 12.7 Å². The first-order valence-electron chi connectivity index (χ1n) is 5.56. The Bertz CT molecular complexity index is 449. The summed E-state index contributed by atoms with van der Waals surface area (Å²) >= 11 is 0. The smallest absolute Gasteiger partial charge is 0.253 e. The highest BCUT2D eigenvalue weighted by Crippen LogP contribution is 2.19. The van der Waals surface area contributed by atoms with E-state index >= 15 is 0 Å². The van der Waals surface area contributed by atoms with Crippen molar-refractivity contribution in [3.8, 4) is 5.75 Å². The molecule has 100 valence electrons. The fourth-order valence-electron chi connectivity index (χ4n) is 1.45. The minimum atomic E-state index is -0.826. The predicted molar refractivity (Wildman–Crippen MR) is 73.3 cm³/mol. The largest absolute Gasteiger partial charge is 0.497 e. The molecule has 1 aromatic rings. The van der Waals surface area contributed by atoms with Crippen LogP contribution in [0, 0.1) is 0 Å². The van der Waals surface area contributed by atoms with Crippen molar-refractivity contribution in [3.05, 3.63) is 23.8 Å². The third kappa shape index (κ3) is 4.37. The number of methoxy groups -OCH3 is 1. The van der Waals surface area contributed by atoms with Gasteiger partial charge in [-0.25, -0.2) is 0 Å². The molecule has 1 atom stereocenters. The molecule has 1 amide bonds. The van der Waals surface area contributed by atoms with Gasteiger partial charge in [0.15, 0.2) is 0 Å². The maximum atomic E-state index is 11.8. The average molecular weight is 270 g/mol. The Morgan fingerprint density at radius 2 is 2.22 bits per heavy atom. The minimum Gasteiger partial charge on any atom is -0.497 e. The number of carbonyl (C=O) groups is 1. The molecule has 0 saturated carbocycles. The van der Waals surface area contributed by atoms with Crippen LogP contribution in [-0.2, 0) is 10.8 Å². The SMILES string of the molecule is COc1ccc(C(=O)NCCCS(C)=O)c(N)c1. The molecule has 1 rings (SSSR count). The summed E-state index contributed by atoms with van der Waals surface area (Å²) < 4.78 is 15.9. The van der Waals surface area contributed by atoms with Crippen LogP contribution in [0.15, 0.2) is 18.2 Å². The van der Waals surface area contributed by atoms with E-state index in [1.165, 1.54) is 0 Å². The lowest BCUT2D eigenvalue weighted by Crippen LogP contribution is -2.26. The number of anilines is 1. The highest BCUT2D eigenvalue weighted by Gasteiger charge is 2.09. The van der Waals surface area contributed by atoms with Crippen LogP contribution in [0.4, 0.5) is 5.69 Å². The first kappa shape index (κ1) is 14.5. The molecule has 1 aromatic carbocycles. The van der Waals surface area contributed by atoms with Crippen LogP contribution in [0.2, 0.25) is 0 Å². The molecule has 0 heterocycles. The molecule has 3 N–H and O–H groups in total. The van der Waals surface area contributed by atoms with Crippen molar-refractivity contribution in [1.82, 2.24) is 5.32 Å². The topological polar surface area (TPSA) is 81.4 Å². The van der Waals surface area contributed by atoms with Gasteiger partial charge in [0, 0.05) is 41.1 Å². The number of nitrogens with one attached hydrogen (secondary N) is 1. The molecule has 0 spiro atoms. The molecule has 18 heavy (non-hydrogen) atoms. The van der Waals surface area contributed by atoms with Crippen molar-refractivity contribution in [2.45, 2.75) is 6.42 Å². The van der Waals surface area contributed by atoms with Crippen molar-refractivity contribution in [2.24, 2.45) is 0 Å².